The first-order chi connectivity index (χ1) is 6.79. The molecule has 1 aromatic carbocycles. The van der Waals surface area contributed by atoms with E-state index in [2.05, 4.69) is 24.5 Å². The molecule has 0 saturated heterocycles. The lowest BCUT2D eigenvalue weighted by atomic mass is 10.1. The molecule has 0 heterocycles. The van der Waals surface area contributed by atoms with Crippen molar-refractivity contribution in [3.63, 3.8) is 0 Å². The van der Waals surface area contributed by atoms with Gasteiger partial charge in [0.1, 0.15) is 5.82 Å². The molecule has 1 nitrogen and oxygen atoms in total. The van der Waals surface area contributed by atoms with Crippen molar-refractivity contribution in [1.29, 1.82) is 0 Å². The minimum atomic E-state index is -0.547. The van der Waals surface area contributed by atoms with Gasteiger partial charge in [-0.3, -0.25) is 4.79 Å². The summed E-state index contributed by atoms with van der Waals surface area (Å²) < 4.78 is 13.3. The van der Waals surface area contributed by atoms with Gasteiger partial charge in [-0.25, -0.2) is 4.39 Å². The van der Waals surface area contributed by atoms with Crippen molar-refractivity contribution >= 4 is 18.9 Å². The number of benzene rings is 1. The fourth-order valence-corrected chi connectivity index (χ4v) is 1.06. The number of thiol groups is 1. The minimum Gasteiger partial charge on any atom is -0.298 e. The third-order valence-electron chi connectivity index (χ3n) is 1.62. The highest BCUT2D eigenvalue weighted by molar-refractivity contribution is 7.80. The maximum absolute atomic E-state index is 13.3. The quantitative estimate of drug-likeness (QED) is 0.448. The second kappa shape index (κ2) is 5.46. The van der Waals surface area contributed by atoms with Crippen molar-refractivity contribution in [2.45, 2.75) is 6.42 Å². The predicted molar refractivity (Wildman–Crippen MR) is 57.1 cm³/mol. The summed E-state index contributed by atoms with van der Waals surface area (Å²) in [5.41, 5.74) is 0.305. The van der Waals surface area contributed by atoms with Crippen LogP contribution in [0.5, 0.6) is 0 Å². The average Bonchev–Trinajstić information content (AvgIpc) is 2.21. The van der Waals surface area contributed by atoms with Crippen LogP contribution in [0.4, 0.5) is 4.39 Å². The molecular weight excluding hydrogens is 199 g/mol. The summed E-state index contributed by atoms with van der Waals surface area (Å²) in [5, 5.41) is 0. The highest BCUT2D eigenvalue weighted by Crippen LogP contribution is 2.09. The number of aldehydes is 1. The number of hydrogen-bond donors (Lipinski definition) is 1. The van der Waals surface area contributed by atoms with Crippen molar-refractivity contribution in [3.8, 4) is 11.8 Å². The van der Waals surface area contributed by atoms with E-state index < -0.39 is 5.82 Å². The zero-order chi connectivity index (χ0) is 10.4. The Hall–Kier alpha value is -1.27. The topological polar surface area (TPSA) is 17.1 Å². The molecule has 0 aliphatic carbocycles. The van der Waals surface area contributed by atoms with Crippen molar-refractivity contribution in [2.24, 2.45) is 0 Å². The molecule has 0 fully saturated rings. The number of hydrogen-bond acceptors (Lipinski definition) is 2. The van der Waals surface area contributed by atoms with Crippen molar-refractivity contribution in [3.05, 3.63) is 35.1 Å². The van der Waals surface area contributed by atoms with Gasteiger partial charge in [-0.05, 0) is 12.1 Å². The van der Waals surface area contributed by atoms with E-state index >= 15 is 0 Å². The zero-order valence-electron chi connectivity index (χ0n) is 7.46. The van der Waals surface area contributed by atoms with Gasteiger partial charge in [0.15, 0.2) is 6.29 Å². The zero-order valence-corrected chi connectivity index (χ0v) is 8.35. The Bertz CT molecular complexity index is 390. The summed E-state index contributed by atoms with van der Waals surface area (Å²) >= 11 is 3.98. The van der Waals surface area contributed by atoms with Crippen LogP contribution in [-0.2, 0) is 0 Å². The van der Waals surface area contributed by atoms with Gasteiger partial charge in [-0.15, -0.1) is 0 Å². The fraction of sp³-hybridized carbons (Fsp3) is 0.182. The highest BCUT2D eigenvalue weighted by atomic mass is 32.1. The number of carbonyl (C=O) groups excluding carboxylic acids is 1. The van der Waals surface area contributed by atoms with Gasteiger partial charge in [0, 0.05) is 12.2 Å². The van der Waals surface area contributed by atoms with E-state index in [1.54, 1.807) is 12.1 Å². The van der Waals surface area contributed by atoms with E-state index in [0.717, 1.165) is 0 Å². The van der Waals surface area contributed by atoms with Crippen molar-refractivity contribution in [1.82, 2.24) is 0 Å². The lowest BCUT2D eigenvalue weighted by Crippen LogP contribution is -1.91. The standard InChI is InChI=1S/C11H9FOS/c12-11-9(4-1-2-7-14)5-3-6-10(11)8-13/h3,5-6,8,14H,2,7H2. The van der Waals surface area contributed by atoms with Crippen LogP contribution < -0.4 is 0 Å². The second-order valence-electron chi connectivity index (χ2n) is 2.60. The minimum absolute atomic E-state index is 0.0441. The second-order valence-corrected chi connectivity index (χ2v) is 3.05. The van der Waals surface area contributed by atoms with E-state index in [-0.39, 0.29) is 11.1 Å². The number of rotatable bonds is 2. The maximum Gasteiger partial charge on any atom is 0.153 e. The van der Waals surface area contributed by atoms with Crippen LogP contribution in [0.2, 0.25) is 0 Å². The van der Waals surface area contributed by atoms with E-state index in [0.29, 0.717) is 18.5 Å². The molecule has 1 aromatic rings. The normalized spacial score (nSPS) is 9.00. The van der Waals surface area contributed by atoms with Crippen LogP contribution >= 0.6 is 12.6 Å². The Kier molecular flexibility index (Phi) is 4.21. The number of halogens is 1. The van der Waals surface area contributed by atoms with Gasteiger partial charge in [-0.1, -0.05) is 17.9 Å². The van der Waals surface area contributed by atoms with Gasteiger partial charge in [0.2, 0.25) is 0 Å². The lowest BCUT2D eigenvalue weighted by Gasteiger charge is -1.96. The van der Waals surface area contributed by atoms with Crippen molar-refractivity contribution < 1.29 is 9.18 Å². The van der Waals surface area contributed by atoms with E-state index in [1.165, 1.54) is 6.07 Å². The largest absolute Gasteiger partial charge is 0.298 e. The van der Waals surface area contributed by atoms with Gasteiger partial charge in [-0.2, -0.15) is 12.6 Å². The molecule has 0 saturated carbocycles. The van der Waals surface area contributed by atoms with E-state index in [9.17, 15) is 9.18 Å². The Morgan fingerprint density at radius 3 is 2.93 bits per heavy atom. The molecule has 0 aliphatic heterocycles. The SMILES string of the molecule is O=Cc1cccc(C#CCCS)c1F. The molecular formula is C11H9FOS. The van der Waals surface area contributed by atoms with Crippen LogP contribution in [0.25, 0.3) is 0 Å². The first kappa shape index (κ1) is 10.8. The molecule has 0 N–H and O–H groups in total. The smallest absolute Gasteiger partial charge is 0.153 e. The maximum atomic E-state index is 13.3. The van der Waals surface area contributed by atoms with Crippen LogP contribution in [0.15, 0.2) is 18.2 Å². The first-order valence-corrected chi connectivity index (χ1v) is 4.76. The van der Waals surface area contributed by atoms with Gasteiger partial charge >= 0.3 is 0 Å². The lowest BCUT2D eigenvalue weighted by molar-refractivity contribution is 0.112. The molecule has 1 rings (SSSR count). The molecule has 14 heavy (non-hydrogen) atoms. The van der Waals surface area contributed by atoms with Gasteiger partial charge < -0.3 is 0 Å². The molecule has 0 aliphatic rings. The monoisotopic (exact) mass is 208 g/mol. The molecule has 0 bridgehead atoms. The average molecular weight is 208 g/mol. The van der Waals surface area contributed by atoms with Gasteiger partial charge in [0.05, 0.1) is 11.1 Å². The summed E-state index contributed by atoms with van der Waals surface area (Å²) in [7, 11) is 0. The first-order valence-electron chi connectivity index (χ1n) is 4.13. The molecule has 0 spiro atoms. The van der Waals surface area contributed by atoms with E-state index in [4.69, 9.17) is 0 Å². The predicted octanol–water partition coefficient (Wildman–Crippen LogP) is 2.31. The Morgan fingerprint density at radius 1 is 1.50 bits per heavy atom. The van der Waals surface area contributed by atoms with Crippen LogP contribution in [0.3, 0.4) is 0 Å². The molecule has 0 radical (unpaired) electrons. The summed E-state index contributed by atoms with van der Waals surface area (Å²) in [6.45, 7) is 0. The Balaban J connectivity index is 2.99. The number of carbonyl (C=O) groups is 1. The highest BCUT2D eigenvalue weighted by Gasteiger charge is 2.03. The summed E-state index contributed by atoms with van der Waals surface area (Å²) in [6.07, 6.45) is 1.09. The van der Waals surface area contributed by atoms with Crippen LogP contribution in [0, 0.1) is 17.7 Å². The molecule has 0 unspecified atom stereocenters. The van der Waals surface area contributed by atoms with Crippen LogP contribution in [0.1, 0.15) is 22.3 Å². The molecule has 0 atom stereocenters. The summed E-state index contributed by atoms with van der Waals surface area (Å²) in [4.78, 5) is 10.4. The Labute approximate surface area is 87.7 Å². The summed E-state index contributed by atoms with van der Waals surface area (Å²) in [6, 6.07) is 4.58. The fourth-order valence-electron chi connectivity index (χ4n) is 0.951. The molecule has 3 heteroatoms. The van der Waals surface area contributed by atoms with Crippen LogP contribution in [-0.4, -0.2) is 12.0 Å². The molecule has 72 valence electrons. The van der Waals surface area contributed by atoms with E-state index in [1.807, 2.05) is 0 Å². The third-order valence-corrected chi connectivity index (χ3v) is 1.84. The molecule has 0 aromatic heterocycles. The van der Waals surface area contributed by atoms with Gasteiger partial charge in [0.25, 0.3) is 0 Å². The van der Waals surface area contributed by atoms with Crippen molar-refractivity contribution in [2.75, 3.05) is 5.75 Å². The third kappa shape index (κ3) is 2.61. The Morgan fingerprint density at radius 2 is 2.29 bits per heavy atom. The summed E-state index contributed by atoms with van der Waals surface area (Å²) in [5.74, 6) is 5.51. The molecule has 0 amide bonds.